The summed E-state index contributed by atoms with van der Waals surface area (Å²) in [4.78, 5) is 22.0. The molecule has 0 saturated heterocycles. The van der Waals surface area contributed by atoms with E-state index in [4.69, 9.17) is 5.11 Å². The Morgan fingerprint density at radius 1 is 1.40 bits per heavy atom. The molecule has 1 aliphatic rings. The van der Waals surface area contributed by atoms with Gasteiger partial charge in [0.15, 0.2) is 0 Å². The summed E-state index contributed by atoms with van der Waals surface area (Å²) >= 11 is 0. The number of hydrogen-bond donors (Lipinski definition) is 1. The Hall–Kier alpha value is -1.58. The van der Waals surface area contributed by atoms with Crippen LogP contribution in [0.5, 0.6) is 0 Å². The third-order valence-electron chi connectivity index (χ3n) is 2.80. The largest absolute Gasteiger partial charge is 0.481 e. The van der Waals surface area contributed by atoms with Crippen LogP contribution in [0.3, 0.4) is 0 Å². The first kappa shape index (κ1) is 9.96. The molecule has 2 rings (SSSR count). The number of nitrogens with zero attached hydrogens (tertiary/aromatic N) is 1. The number of carbonyl (C=O) groups is 1. The highest BCUT2D eigenvalue weighted by Crippen LogP contribution is 2.19. The SMILES string of the molecule is O=C(O)CCn1c2c(ccc1=O)CCC2. The molecule has 1 aromatic heterocycles. The van der Waals surface area contributed by atoms with Gasteiger partial charge in [-0.3, -0.25) is 9.59 Å². The standard InChI is InChI=1S/C11H13NO3/c13-10-5-4-8-2-1-3-9(8)12(10)7-6-11(14)15/h4-5H,1-3,6-7H2,(H,14,15). The van der Waals surface area contributed by atoms with E-state index in [9.17, 15) is 9.59 Å². The first-order valence-corrected chi connectivity index (χ1v) is 5.12. The molecule has 1 heterocycles. The van der Waals surface area contributed by atoms with Crippen molar-refractivity contribution in [2.24, 2.45) is 0 Å². The van der Waals surface area contributed by atoms with Crippen LogP contribution >= 0.6 is 0 Å². The van der Waals surface area contributed by atoms with E-state index in [1.165, 1.54) is 11.6 Å². The molecule has 0 aliphatic heterocycles. The van der Waals surface area contributed by atoms with Crippen LogP contribution in [0, 0.1) is 0 Å². The van der Waals surface area contributed by atoms with E-state index in [0.29, 0.717) is 0 Å². The van der Waals surface area contributed by atoms with Gasteiger partial charge in [-0.15, -0.1) is 0 Å². The van der Waals surface area contributed by atoms with Gasteiger partial charge in [0.1, 0.15) is 0 Å². The molecule has 15 heavy (non-hydrogen) atoms. The Bertz CT molecular complexity index is 448. The van der Waals surface area contributed by atoms with Crippen LogP contribution in [0.1, 0.15) is 24.1 Å². The first-order chi connectivity index (χ1) is 7.18. The Balaban J connectivity index is 2.33. The third kappa shape index (κ3) is 1.93. The second-order valence-corrected chi connectivity index (χ2v) is 3.79. The molecule has 1 N–H and O–H groups in total. The molecular weight excluding hydrogens is 194 g/mol. The molecule has 4 nitrogen and oxygen atoms in total. The highest BCUT2D eigenvalue weighted by atomic mass is 16.4. The monoisotopic (exact) mass is 207 g/mol. The number of carboxylic acids is 1. The fourth-order valence-electron chi connectivity index (χ4n) is 2.09. The van der Waals surface area contributed by atoms with E-state index in [1.807, 2.05) is 6.07 Å². The van der Waals surface area contributed by atoms with E-state index >= 15 is 0 Å². The van der Waals surface area contributed by atoms with Crippen LogP contribution in [-0.4, -0.2) is 15.6 Å². The first-order valence-electron chi connectivity index (χ1n) is 5.12. The van der Waals surface area contributed by atoms with Crippen molar-refractivity contribution >= 4 is 5.97 Å². The van der Waals surface area contributed by atoms with Crippen LogP contribution < -0.4 is 5.56 Å². The van der Waals surface area contributed by atoms with Crippen molar-refractivity contribution in [3.8, 4) is 0 Å². The zero-order valence-electron chi connectivity index (χ0n) is 8.40. The Morgan fingerprint density at radius 2 is 2.20 bits per heavy atom. The maximum Gasteiger partial charge on any atom is 0.305 e. The van der Waals surface area contributed by atoms with E-state index in [0.717, 1.165) is 25.0 Å². The fraction of sp³-hybridized carbons (Fsp3) is 0.455. The van der Waals surface area contributed by atoms with Gasteiger partial charge in [-0.25, -0.2) is 0 Å². The fourth-order valence-corrected chi connectivity index (χ4v) is 2.09. The van der Waals surface area contributed by atoms with Crippen molar-refractivity contribution in [2.45, 2.75) is 32.2 Å². The number of aromatic nitrogens is 1. The lowest BCUT2D eigenvalue weighted by atomic mass is 10.2. The number of aryl methyl sites for hydroxylation is 1. The van der Waals surface area contributed by atoms with E-state index in [-0.39, 0.29) is 18.5 Å². The summed E-state index contributed by atoms with van der Waals surface area (Å²) in [6.07, 6.45) is 2.97. The van der Waals surface area contributed by atoms with Gasteiger partial charge in [0, 0.05) is 18.3 Å². The van der Waals surface area contributed by atoms with E-state index < -0.39 is 5.97 Å². The van der Waals surface area contributed by atoms with Crippen LogP contribution in [-0.2, 0) is 24.2 Å². The zero-order valence-corrected chi connectivity index (χ0v) is 8.40. The third-order valence-corrected chi connectivity index (χ3v) is 2.80. The molecule has 0 aromatic carbocycles. The molecule has 1 aromatic rings. The highest BCUT2D eigenvalue weighted by molar-refractivity contribution is 5.66. The van der Waals surface area contributed by atoms with E-state index in [1.54, 1.807) is 4.57 Å². The van der Waals surface area contributed by atoms with Crippen molar-refractivity contribution in [1.82, 2.24) is 4.57 Å². The lowest BCUT2D eigenvalue weighted by Gasteiger charge is -2.09. The van der Waals surface area contributed by atoms with Gasteiger partial charge >= 0.3 is 5.97 Å². The van der Waals surface area contributed by atoms with Gasteiger partial charge in [0.25, 0.3) is 5.56 Å². The Kier molecular flexibility index (Phi) is 2.58. The molecule has 0 atom stereocenters. The number of hydrogen-bond acceptors (Lipinski definition) is 2. The average Bonchev–Trinajstić information content (AvgIpc) is 2.63. The molecule has 0 bridgehead atoms. The summed E-state index contributed by atoms with van der Waals surface area (Å²) < 4.78 is 1.61. The zero-order chi connectivity index (χ0) is 10.8. The second kappa shape index (κ2) is 3.88. The number of rotatable bonds is 3. The van der Waals surface area contributed by atoms with Crippen LogP contribution in [0.25, 0.3) is 0 Å². The van der Waals surface area contributed by atoms with Crippen molar-refractivity contribution < 1.29 is 9.90 Å². The predicted molar refractivity (Wildman–Crippen MR) is 55.0 cm³/mol. The van der Waals surface area contributed by atoms with Gasteiger partial charge in [-0.2, -0.15) is 0 Å². The topological polar surface area (TPSA) is 59.3 Å². The Labute approximate surface area is 87.2 Å². The summed E-state index contributed by atoms with van der Waals surface area (Å²) in [5, 5.41) is 8.60. The van der Waals surface area contributed by atoms with Crippen molar-refractivity contribution in [3.63, 3.8) is 0 Å². The highest BCUT2D eigenvalue weighted by Gasteiger charge is 2.15. The lowest BCUT2D eigenvalue weighted by Crippen LogP contribution is -2.23. The smallest absolute Gasteiger partial charge is 0.305 e. The maximum atomic E-state index is 11.6. The minimum Gasteiger partial charge on any atom is -0.481 e. The van der Waals surface area contributed by atoms with Crippen LogP contribution in [0.4, 0.5) is 0 Å². The quantitative estimate of drug-likeness (QED) is 0.798. The molecule has 0 unspecified atom stereocenters. The number of carboxylic acid groups (broad SMARTS) is 1. The number of fused-ring (bicyclic) bond motifs is 1. The van der Waals surface area contributed by atoms with Crippen LogP contribution in [0.2, 0.25) is 0 Å². The van der Waals surface area contributed by atoms with Gasteiger partial charge in [0.05, 0.1) is 6.42 Å². The van der Waals surface area contributed by atoms with Gasteiger partial charge in [-0.1, -0.05) is 6.07 Å². The molecule has 0 saturated carbocycles. The molecular formula is C11H13NO3. The van der Waals surface area contributed by atoms with Gasteiger partial charge < -0.3 is 9.67 Å². The summed E-state index contributed by atoms with van der Waals surface area (Å²) in [6.45, 7) is 0.289. The van der Waals surface area contributed by atoms with E-state index in [2.05, 4.69) is 0 Å². The Morgan fingerprint density at radius 3 is 2.93 bits per heavy atom. The van der Waals surface area contributed by atoms with Crippen LogP contribution in [0.15, 0.2) is 16.9 Å². The molecule has 0 radical (unpaired) electrons. The van der Waals surface area contributed by atoms with Crippen molar-refractivity contribution in [1.29, 1.82) is 0 Å². The maximum absolute atomic E-state index is 11.6. The molecule has 0 fully saturated rings. The second-order valence-electron chi connectivity index (χ2n) is 3.79. The summed E-state index contributed by atoms with van der Waals surface area (Å²) in [6, 6.07) is 3.40. The normalized spacial score (nSPS) is 13.9. The minimum atomic E-state index is -0.863. The summed E-state index contributed by atoms with van der Waals surface area (Å²) in [5.74, 6) is -0.863. The number of aliphatic carboxylic acids is 1. The van der Waals surface area contributed by atoms with Crippen molar-refractivity contribution in [2.75, 3.05) is 0 Å². The summed E-state index contributed by atoms with van der Waals surface area (Å²) in [7, 11) is 0. The minimum absolute atomic E-state index is 0.0103. The lowest BCUT2D eigenvalue weighted by molar-refractivity contribution is -0.137. The number of pyridine rings is 1. The average molecular weight is 207 g/mol. The molecule has 0 spiro atoms. The van der Waals surface area contributed by atoms with Gasteiger partial charge in [0.2, 0.25) is 0 Å². The summed E-state index contributed by atoms with van der Waals surface area (Å²) in [5.41, 5.74) is 2.14. The molecule has 1 aliphatic carbocycles. The predicted octanol–water partition coefficient (Wildman–Crippen LogP) is 0.812. The molecule has 4 heteroatoms. The van der Waals surface area contributed by atoms with Gasteiger partial charge in [-0.05, 0) is 24.8 Å². The molecule has 80 valence electrons. The van der Waals surface area contributed by atoms with Crippen molar-refractivity contribution in [3.05, 3.63) is 33.7 Å². The molecule has 0 amide bonds.